The Labute approximate surface area is 65.8 Å². The van der Waals surface area contributed by atoms with E-state index in [1.165, 1.54) is 6.26 Å². The summed E-state index contributed by atoms with van der Waals surface area (Å²) in [5.41, 5.74) is 0.834. The molecule has 0 unspecified atom stereocenters. The molecule has 1 rings (SSSR count). The highest BCUT2D eigenvalue weighted by Gasteiger charge is 1.85. The molecule has 0 saturated heterocycles. The summed E-state index contributed by atoms with van der Waals surface area (Å²) in [6.07, 6.45) is 3.99. The summed E-state index contributed by atoms with van der Waals surface area (Å²) in [4.78, 5) is 0. The van der Waals surface area contributed by atoms with Crippen LogP contribution in [-0.2, 0) is 0 Å². The van der Waals surface area contributed by atoms with E-state index in [2.05, 4.69) is 26.8 Å². The summed E-state index contributed by atoms with van der Waals surface area (Å²) in [6, 6.07) is 0. The van der Waals surface area contributed by atoms with Gasteiger partial charge in [0.2, 0.25) is 0 Å². The molecule has 1 aromatic rings. The third-order valence-corrected chi connectivity index (χ3v) is 1.17. The largest absolute Gasteiger partial charge is 0.363 e. The van der Waals surface area contributed by atoms with E-state index < -0.39 is 0 Å². The number of nitrogens with zero attached hydrogens (tertiary/aromatic N) is 1. The minimum atomic E-state index is 0.834. The van der Waals surface area contributed by atoms with Crippen LogP contribution in [0.1, 0.15) is 12.0 Å². The SMILES string of the molecule is CNCCC#Cc1cnoc1. The summed E-state index contributed by atoms with van der Waals surface area (Å²) >= 11 is 0. The number of hydrogen-bond donors (Lipinski definition) is 1. The Morgan fingerprint density at radius 3 is 3.27 bits per heavy atom. The lowest BCUT2D eigenvalue weighted by molar-refractivity contribution is 0.419. The van der Waals surface area contributed by atoms with E-state index in [9.17, 15) is 0 Å². The van der Waals surface area contributed by atoms with Crippen molar-refractivity contribution in [2.45, 2.75) is 6.42 Å². The van der Waals surface area contributed by atoms with Crippen molar-refractivity contribution < 1.29 is 4.52 Å². The van der Waals surface area contributed by atoms with Crippen molar-refractivity contribution >= 4 is 0 Å². The molecule has 11 heavy (non-hydrogen) atoms. The molecule has 0 amide bonds. The molecular formula is C8H10N2O. The average Bonchev–Trinajstić information content (AvgIpc) is 2.50. The van der Waals surface area contributed by atoms with E-state index in [4.69, 9.17) is 0 Å². The molecular weight excluding hydrogens is 140 g/mol. The summed E-state index contributed by atoms with van der Waals surface area (Å²) in [6.45, 7) is 0.915. The molecule has 0 aliphatic heterocycles. The van der Waals surface area contributed by atoms with Crippen LogP contribution in [0, 0.1) is 11.8 Å². The van der Waals surface area contributed by atoms with E-state index in [0.717, 1.165) is 18.5 Å². The zero-order chi connectivity index (χ0) is 7.94. The molecule has 3 nitrogen and oxygen atoms in total. The maximum Gasteiger partial charge on any atom is 0.139 e. The fourth-order valence-corrected chi connectivity index (χ4v) is 0.619. The van der Waals surface area contributed by atoms with Gasteiger partial charge in [-0.3, -0.25) is 0 Å². The zero-order valence-electron chi connectivity index (χ0n) is 6.42. The second kappa shape index (κ2) is 4.53. The molecule has 0 aromatic carbocycles. The Kier molecular flexibility index (Phi) is 3.23. The Morgan fingerprint density at radius 2 is 2.64 bits per heavy atom. The van der Waals surface area contributed by atoms with Crippen molar-refractivity contribution in [3.05, 3.63) is 18.0 Å². The summed E-state index contributed by atoms with van der Waals surface area (Å²) in [7, 11) is 1.90. The minimum absolute atomic E-state index is 0.834. The standard InChI is InChI=1S/C8H10N2O/c1-9-5-3-2-4-8-6-10-11-7-8/h6-7,9H,3,5H2,1H3. The van der Waals surface area contributed by atoms with Gasteiger partial charge in [-0.2, -0.15) is 0 Å². The molecule has 0 saturated carbocycles. The maximum atomic E-state index is 4.60. The second-order valence-electron chi connectivity index (χ2n) is 2.07. The fraction of sp³-hybridized carbons (Fsp3) is 0.375. The molecule has 0 spiro atoms. The van der Waals surface area contributed by atoms with E-state index in [1.54, 1.807) is 6.20 Å². The van der Waals surface area contributed by atoms with Gasteiger partial charge >= 0.3 is 0 Å². The van der Waals surface area contributed by atoms with Gasteiger partial charge in [-0.05, 0) is 7.05 Å². The number of nitrogens with one attached hydrogen (secondary N) is 1. The second-order valence-corrected chi connectivity index (χ2v) is 2.07. The molecule has 1 aromatic heterocycles. The molecule has 1 heterocycles. The van der Waals surface area contributed by atoms with Gasteiger partial charge in [-0.1, -0.05) is 17.0 Å². The summed E-state index contributed by atoms with van der Waals surface area (Å²) < 4.78 is 4.60. The molecule has 0 radical (unpaired) electrons. The normalized spacial score (nSPS) is 8.82. The summed E-state index contributed by atoms with van der Waals surface area (Å²) in [5.74, 6) is 5.89. The van der Waals surface area contributed by atoms with E-state index >= 15 is 0 Å². The smallest absolute Gasteiger partial charge is 0.139 e. The molecule has 3 heteroatoms. The zero-order valence-corrected chi connectivity index (χ0v) is 6.42. The third-order valence-electron chi connectivity index (χ3n) is 1.17. The van der Waals surface area contributed by atoms with Crippen LogP contribution in [0.4, 0.5) is 0 Å². The van der Waals surface area contributed by atoms with Crippen molar-refractivity contribution in [2.24, 2.45) is 0 Å². The van der Waals surface area contributed by atoms with Gasteiger partial charge in [-0.15, -0.1) is 0 Å². The van der Waals surface area contributed by atoms with Gasteiger partial charge in [0.15, 0.2) is 0 Å². The molecule has 58 valence electrons. The third kappa shape index (κ3) is 2.87. The highest BCUT2D eigenvalue weighted by molar-refractivity contribution is 5.28. The molecule has 0 bridgehead atoms. The first-order valence-corrected chi connectivity index (χ1v) is 3.46. The highest BCUT2D eigenvalue weighted by atomic mass is 16.5. The van der Waals surface area contributed by atoms with Crippen LogP contribution in [0.25, 0.3) is 0 Å². The number of hydrogen-bond acceptors (Lipinski definition) is 3. The molecule has 0 fully saturated rings. The first-order valence-electron chi connectivity index (χ1n) is 3.46. The lowest BCUT2D eigenvalue weighted by Crippen LogP contribution is -2.05. The number of aromatic nitrogens is 1. The lowest BCUT2D eigenvalue weighted by atomic mass is 10.3. The van der Waals surface area contributed by atoms with Crippen LogP contribution >= 0.6 is 0 Å². The van der Waals surface area contributed by atoms with Crippen molar-refractivity contribution in [1.82, 2.24) is 10.5 Å². The van der Waals surface area contributed by atoms with Crippen molar-refractivity contribution in [2.75, 3.05) is 13.6 Å². The molecule has 0 aliphatic carbocycles. The molecule has 0 aliphatic rings. The predicted octanol–water partition coefficient (Wildman–Crippen LogP) is 0.636. The van der Waals surface area contributed by atoms with Crippen molar-refractivity contribution in [3.8, 4) is 11.8 Å². The minimum Gasteiger partial charge on any atom is -0.363 e. The van der Waals surface area contributed by atoms with Gasteiger partial charge in [0.1, 0.15) is 6.26 Å². The first-order chi connectivity index (χ1) is 5.43. The monoisotopic (exact) mass is 150 g/mol. The summed E-state index contributed by atoms with van der Waals surface area (Å²) in [5, 5.41) is 6.53. The van der Waals surface area contributed by atoms with Crippen LogP contribution in [0.2, 0.25) is 0 Å². The topological polar surface area (TPSA) is 38.1 Å². The lowest BCUT2D eigenvalue weighted by Gasteiger charge is -1.86. The average molecular weight is 150 g/mol. The van der Waals surface area contributed by atoms with Crippen LogP contribution < -0.4 is 5.32 Å². The Morgan fingerprint density at radius 1 is 1.73 bits per heavy atom. The molecule has 0 atom stereocenters. The quantitative estimate of drug-likeness (QED) is 0.496. The van der Waals surface area contributed by atoms with E-state index in [-0.39, 0.29) is 0 Å². The van der Waals surface area contributed by atoms with Gasteiger partial charge in [0.05, 0.1) is 11.8 Å². The van der Waals surface area contributed by atoms with Crippen LogP contribution in [0.15, 0.2) is 17.0 Å². The molecule has 1 N–H and O–H groups in total. The Hall–Kier alpha value is -1.27. The van der Waals surface area contributed by atoms with Gasteiger partial charge < -0.3 is 9.84 Å². The Bertz CT molecular complexity index is 243. The van der Waals surface area contributed by atoms with Crippen LogP contribution in [0.3, 0.4) is 0 Å². The number of rotatable bonds is 2. The predicted molar refractivity (Wildman–Crippen MR) is 41.9 cm³/mol. The highest BCUT2D eigenvalue weighted by Crippen LogP contribution is 1.91. The van der Waals surface area contributed by atoms with Crippen LogP contribution in [0.5, 0.6) is 0 Å². The van der Waals surface area contributed by atoms with Gasteiger partial charge in [0, 0.05) is 13.0 Å². The first kappa shape index (κ1) is 7.83. The maximum absolute atomic E-state index is 4.60. The van der Waals surface area contributed by atoms with Crippen molar-refractivity contribution in [3.63, 3.8) is 0 Å². The van der Waals surface area contributed by atoms with Crippen molar-refractivity contribution in [1.29, 1.82) is 0 Å². The van der Waals surface area contributed by atoms with E-state index in [1.807, 2.05) is 7.05 Å². The Balaban J connectivity index is 2.33. The van der Waals surface area contributed by atoms with E-state index in [0.29, 0.717) is 0 Å². The van der Waals surface area contributed by atoms with Gasteiger partial charge in [-0.25, -0.2) is 0 Å². The van der Waals surface area contributed by atoms with Crippen LogP contribution in [-0.4, -0.2) is 18.7 Å². The van der Waals surface area contributed by atoms with Gasteiger partial charge in [0.25, 0.3) is 0 Å². The fourth-order valence-electron chi connectivity index (χ4n) is 0.619.